The van der Waals surface area contributed by atoms with Gasteiger partial charge in [-0.15, -0.1) is 0 Å². The second kappa shape index (κ2) is 10.8. The van der Waals surface area contributed by atoms with E-state index in [4.69, 9.17) is 21.1 Å². The van der Waals surface area contributed by atoms with Crippen LogP contribution in [0.5, 0.6) is 11.5 Å². The number of thioether (sulfide) groups is 1. The molecule has 0 unspecified atom stereocenters. The van der Waals surface area contributed by atoms with Crippen LogP contribution in [0.15, 0.2) is 65.6 Å². The summed E-state index contributed by atoms with van der Waals surface area (Å²) in [4.78, 5) is 39.2. The number of hydrogen-bond acceptors (Lipinski definition) is 6. The lowest BCUT2D eigenvalue weighted by Crippen LogP contribution is -2.27. The molecule has 0 radical (unpaired) electrons. The van der Waals surface area contributed by atoms with Crippen molar-refractivity contribution in [3.8, 4) is 11.5 Å². The summed E-state index contributed by atoms with van der Waals surface area (Å²) in [5, 5.41) is -0.0101. The molecule has 1 aliphatic heterocycles. The highest BCUT2D eigenvalue weighted by atomic mass is 127. The Morgan fingerprint density at radius 3 is 2.57 bits per heavy atom. The molecule has 2 amide bonds. The summed E-state index contributed by atoms with van der Waals surface area (Å²) >= 11 is 8.77. The van der Waals surface area contributed by atoms with Crippen LogP contribution in [0.3, 0.4) is 0 Å². The number of methoxy groups -OCH3 is 1. The lowest BCUT2D eigenvalue weighted by molar-refractivity contribution is -0.123. The number of ether oxygens (including phenoxy) is 2. The van der Waals surface area contributed by atoms with Crippen LogP contribution < -0.4 is 9.47 Å². The smallest absolute Gasteiger partial charge is 0.343 e. The van der Waals surface area contributed by atoms with Gasteiger partial charge in [0.2, 0.25) is 0 Å². The maximum absolute atomic E-state index is 13.1. The Bertz CT molecular complexity index is 1360. The predicted molar refractivity (Wildman–Crippen MR) is 140 cm³/mol. The molecule has 0 aromatic heterocycles. The largest absolute Gasteiger partial charge is 0.493 e. The van der Waals surface area contributed by atoms with E-state index in [1.807, 2.05) is 22.6 Å². The molecule has 0 bridgehead atoms. The van der Waals surface area contributed by atoms with Crippen molar-refractivity contribution in [3.05, 3.63) is 96.7 Å². The minimum Gasteiger partial charge on any atom is -0.493 e. The first-order valence-corrected chi connectivity index (χ1v) is 12.4. The number of nitrogens with zero attached hydrogens (tertiary/aromatic N) is 1. The molecule has 3 aromatic carbocycles. The van der Waals surface area contributed by atoms with E-state index in [9.17, 15) is 18.8 Å². The van der Waals surface area contributed by atoms with Gasteiger partial charge in [0, 0.05) is 5.02 Å². The Morgan fingerprint density at radius 2 is 1.89 bits per heavy atom. The fraction of sp³-hybridized carbons (Fsp3) is 0.0800. The Labute approximate surface area is 223 Å². The molecule has 1 aliphatic rings. The molecule has 4 rings (SSSR count). The highest BCUT2D eigenvalue weighted by molar-refractivity contribution is 14.1. The third kappa shape index (κ3) is 5.85. The molecule has 1 saturated heterocycles. The van der Waals surface area contributed by atoms with Crippen LogP contribution in [-0.4, -0.2) is 29.1 Å². The first-order chi connectivity index (χ1) is 16.7. The molecule has 0 aliphatic carbocycles. The Morgan fingerprint density at radius 1 is 1.14 bits per heavy atom. The Kier molecular flexibility index (Phi) is 7.78. The van der Waals surface area contributed by atoms with E-state index in [1.54, 1.807) is 36.4 Å². The maximum Gasteiger partial charge on any atom is 0.343 e. The van der Waals surface area contributed by atoms with Gasteiger partial charge in [-0.05, 0) is 94.0 Å². The van der Waals surface area contributed by atoms with Crippen molar-refractivity contribution in [2.75, 3.05) is 7.11 Å². The van der Waals surface area contributed by atoms with Crippen molar-refractivity contribution < 1.29 is 28.2 Å². The molecule has 10 heteroatoms. The molecule has 35 heavy (non-hydrogen) atoms. The Balaban J connectivity index is 1.56. The predicted octanol–water partition coefficient (Wildman–Crippen LogP) is 6.55. The zero-order valence-electron chi connectivity index (χ0n) is 18.1. The molecule has 0 saturated carbocycles. The number of carbonyl (C=O) groups excluding carboxylic acids is 3. The highest BCUT2D eigenvalue weighted by Gasteiger charge is 2.35. The van der Waals surface area contributed by atoms with Gasteiger partial charge in [-0.3, -0.25) is 14.5 Å². The monoisotopic (exact) mass is 623 g/mol. The zero-order valence-corrected chi connectivity index (χ0v) is 21.8. The van der Waals surface area contributed by atoms with Crippen molar-refractivity contribution >= 4 is 69.1 Å². The van der Waals surface area contributed by atoms with Gasteiger partial charge in [0.1, 0.15) is 5.82 Å². The second-order valence-electron chi connectivity index (χ2n) is 7.33. The van der Waals surface area contributed by atoms with Gasteiger partial charge >= 0.3 is 5.97 Å². The second-order valence-corrected chi connectivity index (χ2v) is 9.92. The van der Waals surface area contributed by atoms with Gasteiger partial charge in [0.25, 0.3) is 11.1 Å². The maximum atomic E-state index is 13.1. The number of imide groups is 1. The molecule has 0 N–H and O–H groups in total. The average Bonchev–Trinajstić information content (AvgIpc) is 3.09. The minimum atomic E-state index is -0.599. The summed E-state index contributed by atoms with van der Waals surface area (Å²) in [6, 6.07) is 15.3. The summed E-state index contributed by atoms with van der Waals surface area (Å²) in [5.41, 5.74) is 1.51. The zero-order chi connectivity index (χ0) is 25.1. The van der Waals surface area contributed by atoms with Crippen molar-refractivity contribution in [2.24, 2.45) is 0 Å². The van der Waals surface area contributed by atoms with Crippen molar-refractivity contribution in [3.63, 3.8) is 0 Å². The first kappa shape index (κ1) is 25.2. The lowest BCUT2D eigenvalue weighted by atomic mass is 10.1. The van der Waals surface area contributed by atoms with E-state index in [1.165, 1.54) is 37.4 Å². The molecule has 0 atom stereocenters. The van der Waals surface area contributed by atoms with E-state index >= 15 is 0 Å². The Hall–Kier alpha value is -2.89. The standard InChI is InChI=1S/C25H16ClFINO5S/c1-33-20-10-15(9-19(28)22(20)34-24(31)16-3-2-4-17(26)12-16)11-21-23(30)29(25(32)35-21)13-14-5-7-18(27)8-6-14/h2-12H,13H2,1H3/b21-11-. The van der Waals surface area contributed by atoms with Crippen LogP contribution >= 0.6 is 46.0 Å². The van der Waals surface area contributed by atoms with Gasteiger partial charge < -0.3 is 9.47 Å². The van der Waals surface area contributed by atoms with Gasteiger partial charge in [-0.2, -0.15) is 0 Å². The van der Waals surface area contributed by atoms with E-state index < -0.39 is 22.9 Å². The van der Waals surface area contributed by atoms with E-state index in [2.05, 4.69) is 0 Å². The van der Waals surface area contributed by atoms with Crippen molar-refractivity contribution in [1.29, 1.82) is 0 Å². The van der Waals surface area contributed by atoms with Gasteiger partial charge in [0.15, 0.2) is 11.5 Å². The van der Waals surface area contributed by atoms with Crippen LogP contribution in [-0.2, 0) is 11.3 Å². The number of amides is 2. The number of rotatable bonds is 6. The third-order valence-corrected chi connectivity index (χ3v) is 6.88. The third-order valence-electron chi connectivity index (χ3n) is 4.93. The van der Waals surface area contributed by atoms with Crippen LogP contribution in [0.1, 0.15) is 21.5 Å². The number of hydrogen-bond donors (Lipinski definition) is 0. The molecule has 1 heterocycles. The van der Waals surface area contributed by atoms with Crippen LogP contribution in [0.2, 0.25) is 5.02 Å². The molecule has 3 aromatic rings. The van der Waals surface area contributed by atoms with Crippen LogP contribution in [0.4, 0.5) is 9.18 Å². The topological polar surface area (TPSA) is 72.9 Å². The summed E-state index contributed by atoms with van der Waals surface area (Å²) in [5.74, 6) is -0.940. The van der Waals surface area contributed by atoms with E-state index in [-0.39, 0.29) is 28.5 Å². The summed E-state index contributed by atoms with van der Waals surface area (Å²) in [6.07, 6.45) is 1.57. The quantitative estimate of drug-likeness (QED) is 0.134. The molecule has 178 valence electrons. The van der Waals surface area contributed by atoms with Crippen LogP contribution in [0, 0.1) is 9.39 Å². The number of benzene rings is 3. The van der Waals surface area contributed by atoms with Gasteiger partial charge in [-0.1, -0.05) is 29.8 Å². The normalized spacial score (nSPS) is 14.5. The molecular weight excluding hydrogens is 608 g/mol. The number of halogens is 3. The van der Waals surface area contributed by atoms with Crippen molar-refractivity contribution in [1.82, 2.24) is 4.90 Å². The molecule has 1 fully saturated rings. The van der Waals surface area contributed by atoms with E-state index in [0.717, 1.165) is 16.7 Å². The molecule has 0 spiro atoms. The number of carbonyl (C=O) groups is 3. The number of esters is 1. The average molecular weight is 624 g/mol. The fourth-order valence-electron chi connectivity index (χ4n) is 3.25. The van der Waals surface area contributed by atoms with Gasteiger partial charge in [0.05, 0.1) is 27.7 Å². The van der Waals surface area contributed by atoms with Crippen molar-refractivity contribution in [2.45, 2.75) is 6.54 Å². The van der Waals surface area contributed by atoms with Crippen LogP contribution in [0.25, 0.3) is 6.08 Å². The summed E-state index contributed by atoms with van der Waals surface area (Å²) in [6.45, 7) is 0.0432. The molecular formula is C25H16ClFINO5S. The first-order valence-electron chi connectivity index (χ1n) is 10.1. The summed E-state index contributed by atoms with van der Waals surface area (Å²) in [7, 11) is 1.43. The summed E-state index contributed by atoms with van der Waals surface area (Å²) < 4.78 is 24.7. The van der Waals surface area contributed by atoms with Gasteiger partial charge in [-0.25, -0.2) is 9.18 Å². The van der Waals surface area contributed by atoms with E-state index in [0.29, 0.717) is 19.7 Å². The lowest BCUT2D eigenvalue weighted by Gasteiger charge is -2.13. The SMILES string of the molecule is COc1cc(/C=C2\SC(=O)N(Cc3ccc(F)cc3)C2=O)cc(I)c1OC(=O)c1cccc(Cl)c1. The minimum absolute atomic E-state index is 0.0432. The highest BCUT2D eigenvalue weighted by Crippen LogP contribution is 2.38. The molecule has 6 nitrogen and oxygen atoms in total. The fourth-order valence-corrected chi connectivity index (χ4v) is 5.01.